The first kappa shape index (κ1) is 22.8. The molecule has 0 saturated heterocycles. The average molecular weight is 476 g/mol. The lowest BCUT2D eigenvalue weighted by molar-refractivity contribution is -0.175. The van der Waals surface area contributed by atoms with Gasteiger partial charge in [0.05, 0.1) is 18.3 Å². The lowest BCUT2D eigenvalue weighted by Gasteiger charge is -2.19. The fourth-order valence-electron chi connectivity index (χ4n) is 3.97. The second-order valence-electron chi connectivity index (χ2n) is 8.45. The van der Waals surface area contributed by atoms with Gasteiger partial charge in [0.1, 0.15) is 22.8 Å². The summed E-state index contributed by atoms with van der Waals surface area (Å²) in [5.74, 6) is 1.52. The molecule has 0 radical (unpaired) electrons. The summed E-state index contributed by atoms with van der Waals surface area (Å²) >= 11 is 0. The number of hydrogen-bond acceptors (Lipinski definition) is 11. The second kappa shape index (κ2) is 9.37. The van der Waals surface area contributed by atoms with Gasteiger partial charge in [0.15, 0.2) is 12.6 Å². The highest BCUT2D eigenvalue weighted by atomic mass is 16.7. The molecule has 11 nitrogen and oxygen atoms in total. The summed E-state index contributed by atoms with van der Waals surface area (Å²) in [7, 11) is 1.60. The minimum atomic E-state index is -0.604. The number of nitrogens with zero attached hydrogens (tertiary/aromatic N) is 5. The number of benzene rings is 1. The highest BCUT2D eigenvalue weighted by molar-refractivity contribution is 5.70. The van der Waals surface area contributed by atoms with Crippen LogP contribution in [0.25, 0.3) is 11.5 Å². The number of pyridine rings is 1. The van der Waals surface area contributed by atoms with Crippen LogP contribution in [-0.2, 0) is 15.1 Å². The number of methoxy groups -OCH3 is 1. The van der Waals surface area contributed by atoms with E-state index in [2.05, 4.69) is 30.7 Å². The molecule has 0 bridgehead atoms. The van der Waals surface area contributed by atoms with Crippen molar-refractivity contribution in [3.8, 4) is 11.5 Å². The van der Waals surface area contributed by atoms with E-state index in [-0.39, 0.29) is 12.5 Å². The van der Waals surface area contributed by atoms with Gasteiger partial charge in [-0.05, 0) is 31.5 Å². The third-order valence-corrected chi connectivity index (χ3v) is 5.68. The predicted molar refractivity (Wildman–Crippen MR) is 127 cm³/mol. The van der Waals surface area contributed by atoms with Gasteiger partial charge in [0.25, 0.3) is 5.89 Å². The van der Waals surface area contributed by atoms with Crippen LogP contribution in [0, 0.1) is 0 Å². The Morgan fingerprint density at radius 3 is 2.66 bits per heavy atom. The summed E-state index contributed by atoms with van der Waals surface area (Å²) in [5, 5.41) is 20.1. The number of rotatable bonds is 8. The molecule has 5 rings (SSSR count). The molecule has 0 spiro atoms. The molecule has 0 fully saturated rings. The summed E-state index contributed by atoms with van der Waals surface area (Å²) in [4.78, 5) is 17.9. The summed E-state index contributed by atoms with van der Waals surface area (Å²) in [5.41, 5.74) is 2.45. The lowest BCUT2D eigenvalue weighted by Crippen LogP contribution is -2.18. The zero-order chi connectivity index (χ0) is 24.4. The van der Waals surface area contributed by atoms with Gasteiger partial charge < -0.3 is 29.7 Å². The van der Waals surface area contributed by atoms with E-state index in [1.54, 1.807) is 13.3 Å². The van der Waals surface area contributed by atoms with E-state index in [0.29, 0.717) is 23.1 Å². The van der Waals surface area contributed by atoms with E-state index in [0.717, 1.165) is 16.8 Å². The van der Waals surface area contributed by atoms with Crippen LogP contribution in [0.3, 0.4) is 0 Å². The molecule has 4 heterocycles. The van der Waals surface area contributed by atoms with Crippen LogP contribution in [0.1, 0.15) is 43.0 Å². The molecule has 1 unspecified atom stereocenters. The van der Waals surface area contributed by atoms with Crippen molar-refractivity contribution in [2.75, 3.05) is 24.4 Å². The third-order valence-electron chi connectivity index (χ3n) is 5.68. The molecule has 0 aliphatic carbocycles. The van der Waals surface area contributed by atoms with Crippen LogP contribution >= 0.6 is 0 Å². The molecule has 180 valence electrons. The zero-order valence-electron chi connectivity index (χ0n) is 19.5. The largest absolute Gasteiger partial charge is 0.394 e. The smallest absolute Gasteiger partial charge is 0.262 e. The molecule has 0 saturated carbocycles. The summed E-state index contributed by atoms with van der Waals surface area (Å²) in [6.07, 6.45) is 2.42. The minimum absolute atomic E-state index is 0.151. The molecule has 3 aromatic heterocycles. The molecule has 1 aliphatic rings. The van der Waals surface area contributed by atoms with E-state index in [1.165, 1.54) is 6.33 Å². The average Bonchev–Trinajstić information content (AvgIpc) is 3.49. The van der Waals surface area contributed by atoms with Crippen molar-refractivity contribution in [1.29, 1.82) is 0 Å². The van der Waals surface area contributed by atoms with Crippen LogP contribution in [0.5, 0.6) is 0 Å². The predicted octanol–water partition coefficient (Wildman–Crippen LogP) is 3.72. The molecular formula is C24H25N7O4. The normalized spacial score (nSPS) is 17.1. The summed E-state index contributed by atoms with van der Waals surface area (Å²) in [6.45, 7) is 3.73. The molecule has 0 amide bonds. The highest BCUT2D eigenvalue weighted by Gasteiger charge is 2.39. The number of aliphatic hydroxyl groups is 1. The zero-order valence-corrected chi connectivity index (χ0v) is 19.5. The SMILES string of the molecule is COC1OC(C)(C)c2nc(Nc3ncc(-c4ncno4)c(N[C@H](CO)c4ccccc4)n3)ccc21. The fourth-order valence-corrected chi connectivity index (χ4v) is 3.97. The Morgan fingerprint density at radius 2 is 1.94 bits per heavy atom. The van der Waals surface area contributed by atoms with Gasteiger partial charge >= 0.3 is 0 Å². The molecule has 35 heavy (non-hydrogen) atoms. The van der Waals surface area contributed by atoms with Gasteiger partial charge in [-0.25, -0.2) is 9.97 Å². The van der Waals surface area contributed by atoms with Crippen molar-refractivity contribution in [3.63, 3.8) is 0 Å². The van der Waals surface area contributed by atoms with Gasteiger partial charge in [-0.1, -0.05) is 35.5 Å². The van der Waals surface area contributed by atoms with Crippen molar-refractivity contribution < 1.29 is 19.1 Å². The van der Waals surface area contributed by atoms with Crippen molar-refractivity contribution in [3.05, 3.63) is 71.8 Å². The van der Waals surface area contributed by atoms with E-state index in [1.807, 2.05) is 56.3 Å². The van der Waals surface area contributed by atoms with Gasteiger partial charge in [-0.2, -0.15) is 9.97 Å². The first-order valence-corrected chi connectivity index (χ1v) is 11.0. The number of aromatic nitrogens is 5. The topological polar surface area (TPSA) is 140 Å². The molecule has 1 aromatic carbocycles. The fraction of sp³-hybridized carbons (Fsp3) is 0.292. The maximum absolute atomic E-state index is 10.0. The van der Waals surface area contributed by atoms with Crippen LogP contribution in [0.2, 0.25) is 0 Å². The number of hydrogen-bond donors (Lipinski definition) is 3. The van der Waals surface area contributed by atoms with Gasteiger partial charge in [0.2, 0.25) is 5.95 Å². The first-order valence-electron chi connectivity index (χ1n) is 11.0. The maximum atomic E-state index is 10.0. The highest BCUT2D eigenvalue weighted by Crippen LogP contribution is 2.42. The van der Waals surface area contributed by atoms with E-state index < -0.39 is 17.9 Å². The molecule has 1 aliphatic heterocycles. The Labute approximate surface area is 201 Å². The monoisotopic (exact) mass is 475 g/mol. The maximum Gasteiger partial charge on any atom is 0.262 e. The van der Waals surface area contributed by atoms with E-state index in [4.69, 9.17) is 19.0 Å². The van der Waals surface area contributed by atoms with Crippen molar-refractivity contribution >= 4 is 17.6 Å². The second-order valence-corrected chi connectivity index (χ2v) is 8.45. The van der Waals surface area contributed by atoms with E-state index >= 15 is 0 Å². The number of anilines is 3. The number of fused-ring (bicyclic) bond motifs is 1. The van der Waals surface area contributed by atoms with Crippen molar-refractivity contribution in [2.45, 2.75) is 31.8 Å². The molecule has 4 aromatic rings. The van der Waals surface area contributed by atoms with Crippen molar-refractivity contribution in [2.24, 2.45) is 0 Å². The Bertz CT molecular complexity index is 1300. The van der Waals surface area contributed by atoms with Gasteiger partial charge in [0, 0.05) is 18.9 Å². The number of ether oxygens (including phenoxy) is 2. The van der Waals surface area contributed by atoms with Crippen LogP contribution in [-0.4, -0.2) is 43.9 Å². The standard InChI is InChI=1S/C24H25N7O4/c1-24(2)19-15(22(33-3)34-24)9-10-18(29-19)30-23-25-11-16(21-26-13-27-35-21)20(31-23)28-17(12-32)14-7-5-4-6-8-14/h4-11,13,17,22,32H,12H2,1-3H3,(H2,25,28,29,30,31)/t17-,22?/m1/s1. The Balaban J connectivity index is 1.47. The number of nitrogens with one attached hydrogen (secondary N) is 2. The van der Waals surface area contributed by atoms with Crippen LogP contribution in [0.15, 0.2) is 59.5 Å². The van der Waals surface area contributed by atoms with Gasteiger partial charge in [-0.15, -0.1) is 0 Å². The molecule has 11 heteroatoms. The van der Waals surface area contributed by atoms with Gasteiger partial charge in [-0.3, -0.25) is 0 Å². The van der Waals surface area contributed by atoms with Crippen molar-refractivity contribution in [1.82, 2.24) is 25.1 Å². The Hall–Kier alpha value is -3.93. The minimum Gasteiger partial charge on any atom is -0.394 e. The van der Waals surface area contributed by atoms with Crippen LogP contribution < -0.4 is 10.6 Å². The summed E-state index contributed by atoms with van der Waals surface area (Å²) in [6, 6.07) is 12.9. The Morgan fingerprint density at radius 1 is 1.11 bits per heavy atom. The quantitative estimate of drug-likeness (QED) is 0.343. The molecule has 2 atom stereocenters. The van der Waals surface area contributed by atoms with E-state index in [9.17, 15) is 5.11 Å². The third kappa shape index (κ3) is 4.56. The van der Waals surface area contributed by atoms with Crippen LogP contribution in [0.4, 0.5) is 17.6 Å². The Kier molecular flexibility index (Phi) is 6.12. The summed E-state index contributed by atoms with van der Waals surface area (Å²) < 4.78 is 16.6. The lowest BCUT2D eigenvalue weighted by atomic mass is 10.0. The number of aliphatic hydroxyl groups excluding tert-OH is 1. The molecule has 3 N–H and O–H groups in total. The first-order chi connectivity index (χ1) is 17.0. The molecular weight excluding hydrogens is 450 g/mol.